The lowest BCUT2D eigenvalue weighted by Gasteiger charge is -2.10. The van der Waals surface area contributed by atoms with Gasteiger partial charge in [0.25, 0.3) is 0 Å². The summed E-state index contributed by atoms with van der Waals surface area (Å²) in [5.74, 6) is -4.54. The molecule has 0 saturated carbocycles. The zero-order valence-corrected chi connectivity index (χ0v) is 17.2. The maximum Gasteiger partial charge on any atom is 0.346 e. The Kier molecular flexibility index (Phi) is 9.23. The number of esters is 1. The van der Waals surface area contributed by atoms with Gasteiger partial charge in [-0.15, -0.1) is 0 Å². The third-order valence-electron chi connectivity index (χ3n) is 4.92. The number of carbonyl (C=O) groups excluding carboxylic acids is 1. The molecule has 0 atom stereocenters. The Labute approximate surface area is 171 Å². The number of carbonyl (C=O) groups is 1. The summed E-state index contributed by atoms with van der Waals surface area (Å²) in [6.45, 7) is 4.11. The fourth-order valence-corrected chi connectivity index (χ4v) is 3.26. The van der Waals surface area contributed by atoms with Crippen molar-refractivity contribution in [3.05, 3.63) is 64.5 Å². The number of rotatable bonds is 11. The highest BCUT2D eigenvalue weighted by Crippen LogP contribution is 2.25. The molecule has 0 heterocycles. The quantitative estimate of drug-likeness (QED) is 0.224. The second-order valence-electron chi connectivity index (χ2n) is 7.32. The van der Waals surface area contributed by atoms with E-state index < -0.39 is 29.2 Å². The molecule has 0 aromatic heterocycles. The van der Waals surface area contributed by atoms with Gasteiger partial charge in [0, 0.05) is 0 Å². The van der Waals surface area contributed by atoms with E-state index in [2.05, 4.69) is 6.92 Å². The molecule has 0 bridgehead atoms. The number of aryl methyl sites for hydroxylation is 2. The van der Waals surface area contributed by atoms with Crippen LogP contribution in [0.3, 0.4) is 0 Å². The molecular weight excluding hydrogens is 377 g/mol. The van der Waals surface area contributed by atoms with Gasteiger partial charge >= 0.3 is 5.97 Å². The first-order valence-corrected chi connectivity index (χ1v) is 10.4. The topological polar surface area (TPSA) is 26.3 Å². The summed E-state index contributed by atoms with van der Waals surface area (Å²) in [4.78, 5) is 12.2. The summed E-state index contributed by atoms with van der Waals surface area (Å²) in [6.07, 6.45) is 8.27. The standard InChI is InChI=1S/C24H29F3O2/c1-3-5-6-7-8-9-11-18-13-15-21(23(27)22(18)26)29-24(28)19-14-12-17(10-4-2)16-20(19)25/h12-16H,3-11H2,1-2H3. The molecular formula is C24H29F3O2. The Balaban J connectivity index is 2.00. The third kappa shape index (κ3) is 6.62. The molecule has 29 heavy (non-hydrogen) atoms. The molecule has 0 unspecified atom stereocenters. The van der Waals surface area contributed by atoms with Gasteiger partial charge in [0.2, 0.25) is 5.82 Å². The second kappa shape index (κ2) is 11.6. The van der Waals surface area contributed by atoms with E-state index in [0.717, 1.165) is 44.1 Å². The van der Waals surface area contributed by atoms with Crippen LogP contribution in [0.15, 0.2) is 30.3 Å². The first kappa shape index (κ1) is 23.0. The van der Waals surface area contributed by atoms with E-state index in [0.29, 0.717) is 12.8 Å². The largest absolute Gasteiger partial charge is 0.420 e. The van der Waals surface area contributed by atoms with Crippen molar-refractivity contribution in [1.29, 1.82) is 0 Å². The fraction of sp³-hybridized carbons (Fsp3) is 0.458. The van der Waals surface area contributed by atoms with Gasteiger partial charge in [-0.05, 0) is 48.6 Å². The molecule has 0 aliphatic rings. The smallest absolute Gasteiger partial charge is 0.346 e. The van der Waals surface area contributed by atoms with Gasteiger partial charge in [0.1, 0.15) is 5.82 Å². The molecule has 2 aromatic rings. The van der Waals surface area contributed by atoms with Crippen LogP contribution in [0.2, 0.25) is 0 Å². The lowest BCUT2D eigenvalue weighted by Crippen LogP contribution is -2.13. The summed E-state index contributed by atoms with van der Waals surface area (Å²) in [7, 11) is 0. The van der Waals surface area contributed by atoms with Crippen molar-refractivity contribution in [1.82, 2.24) is 0 Å². The number of benzene rings is 2. The van der Waals surface area contributed by atoms with Crippen molar-refractivity contribution in [2.75, 3.05) is 0 Å². The van der Waals surface area contributed by atoms with Crippen LogP contribution in [0.5, 0.6) is 5.75 Å². The SMILES string of the molecule is CCCCCCCCc1ccc(OC(=O)c2ccc(CCC)cc2F)c(F)c1F. The Hall–Kier alpha value is -2.30. The summed E-state index contributed by atoms with van der Waals surface area (Å²) in [6, 6.07) is 6.86. The molecule has 0 radical (unpaired) electrons. The van der Waals surface area contributed by atoms with Crippen molar-refractivity contribution in [2.45, 2.75) is 71.6 Å². The Morgan fingerprint density at radius 2 is 1.55 bits per heavy atom. The van der Waals surface area contributed by atoms with E-state index in [9.17, 15) is 18.0 Å². The highest BCUT2D eigenvalue weighted by molar-refractivity contribution is 5.91. The number of hydrogen-bond donors (Lipinski definition) is 0. The predicted molar refractivity (Wildman–Crippen MR) is 109 cm³/mol. The number of hydrogen-bond acceptors (Lipinski definition) is 2. The molecule has 0 amide bonds. The maximum absolute atomic E-state index is 14.3. The van der Waals surface area contributed by atoms with E-state index in [4.69, 9.17) is 4.74 Å². The van der Waals surface area contributed by atoms with Crippen molar-refractivity contribution in [3.8, 4) is 5.75 Å². The van der Waals surface area contributed by atoms with Crippen LogP contribution >= 0.6 is 0 Å². The van der Waals surface area contributed by atoms with E-state index in [1.54, 1.807) is 6.07 Å². The van der Waals surface area contributed by atoms with Crippen LogP contribution < -0.4 is 4.74 Å². The number of ether oxygens (including phenoxy) is 1. The fourth-order valence-electron chi connectivity index (χ4n) is 3.26. The zero-order chi connectivity index (χ0) is 21.2. The number of unbranched alkanes of at least 4 members (excludes halogenated alkanes) is 5. The molecule has 2 nitrogen and oxygen atoms in total. The van der Waals surface area contributed by atoms with Crippen LogP contribution in [-0.4, -0.2) is 5.97 Å². The molecule has 5 heteroatoms. The minimum absolute atomic E-state index is 0.257. The van der Waals surface area contributed by atoms with E-state index >= 15 is 0 Å². The lowest BCUT2D eigenvalue weighted by atomic mass is 10.0. The average molecular weight is 406 g/mol. The molecule has 0 spiro atoms. The third-order valence-corrected chi connectivity index (χ3v) is 4.92. The van der Waals surface area contributed by atoms with Gasteiger partial charge in [-0.2, -0.15) is 4.39 Å². The molecule has 0 saturated heterocycles. The highest BCUT2D eigenvalue weighted by atomic mass is 19.2. The molecule has 0 fully saturated rings. The average Bonchev–Trinajstić information content (AvgIpc) is 2.70. The lowest BCUT2D eigenvalue weighted by molar-refractivity contribution is 0.0721. The number of halogens is 3. The maximum atomic E-state index is 14.3. The minimum atomic E-state index is -1.22. The van der Waals surface area contributed by atoms with E-state index in [-0.39, 0.29) is 11.1 Å². The monoisotopic (exact) mass is 406 g/mol. The second-order valence-corrected chi connectivity index (χ2v) is 7.32. The minimum Gasteiger partial charge on any atom is -0.420 e. The molecule has 0 aliphatic carbocycles. The predicted octanol–water partition coefficient (Wildman–Crippen LogP) is 7.18. The van der Waals surface area contributed by atoms with Crippen molar-refractivity contribution in [3.63, 3.8) is 0 Å². The summed E-state index contributed by atoms with van der Waals surface area (Å²) >= 11 is 0. The van der Waals surface area contributed by atoms with Crippen LogP contribution in [0.4, 0.5) is 13.2 Å². The van der Waals surface area contributed by atoms with Crippen molar-refractivity contribution < 1.29 is 22.7 Å². The normalized spacial score (nSPS) is 10.9. The molecule has 0 N–H and O–H groups in total. The summed E-state index contributed by atoms with van der Waals surface area (Å²) in [5, 5.41) is 0. The van der Waals surface area contributed by atoms with Gasteiger partial charge < -0.3 is 4.74 Å². The zero-order valence-electron chi connectivity index (χ0n) is 17.2. The van der Waals surface area contributed by atoms with Gasteiger partial charge in [-0.25, -0.2) is 13.6 Å². The first-order chi connectivity index (χ1) is 14.0. The van der Waals surface area contributed by atoms with Crippen LogP contribution in [0.1, 0.15) is 80.3 Å². The first-order valence-electron chi connectivity index (χ1n) is 10.4. The van der Waals surface area contributed by atoms with Gasteiger partial charge in [-0.3, -0.25) is 0 Å². The van der Waals surface area contributed by atoms with Crippen LogP contribution in [0.25, 0.3) is 0 Å². The molecule has 2 aromatic carbocycles. The molecule has 0 aliphatic heterocycles. The van der Waals surface area contributed by atoms with E-state index in [1.807, 2.05) is 6.92 Å². The van der Waals surface area contributed by atoms with Crippen LogP contribution in [0, 0.1) is 17.5 Å². The van der Waals surface area contributed by atoms with E-state index in [1.165, 1.54) is 30.7 Å². The van der Waals surface area contributed by atoms with Crippen molar-refractivity contribution >= 4 is 5.97 Å². The highest BCUT2D eigenvalue weighted by Gasteiger charge is 2.20. The van der Waals surface area contributed by atoms with Crippen LogP contribution in [-0.2, 0) is 12.8 Å². The molecule has 158 valence electrons. The van der Waals surface area contributed by atoms with Gasteiger partial charge in [-0.1, -0.05) is 64.5 Å². The Morgan fingerprint density at radius 3 is 2.24 bits per heavy atom. The van der Waals surface area contributed by atoms with Gasteiger partial charge in [0.05, 0.1) is 5.56 Å². The molecule has 2 rings (SSSR count). The Bertz CT molecular complexity index is 818. The summed E-state index contributed by atoms with van der Waals surface area (Å²) in [5.41, 5.74) is 0.714. The van der Waals surface area contributed by atoms with Gasteiger partial charge in [0.15, 0.2) is 11.6 Å². The summed E-state index contributed by atoms with van der Waals surface area (Å²) < 4.78 is 47.7. The van der Waals surface area contributed by atoms with Crippen molar-refractivity contribution in [2.24, 2.45) is 0 Å². The Morgan fingerprint density at radius 1 is 0.828 bits per heavy atom.